The van der Waals surface area contributed by atoms with Crippen molar-refractivity contribution in [2.24, 2.45) is 0 Å². The molecule has 0 saturated heterocycles. The number of carbonyl (C=O) groups is 3. The number of fused-ring (bicyclic) bond motifs is 1. The van der Waals surface area contributed by atoms with Crippen molar-refractivity contribution in [1.82, 2.24) is 9.78 Å². The predicted octanol–water partition coefficient (Wildman–Crippen LogP) is 2.37. The van der Waals surface area contributed by atoms with Gasteiger partial charge in [0.2, 0.25) is 5.91 Å². The Labute approximate surface area is 139 Å². The van der Waals surface area contributed by atoms with E-state index in [2.05, 4.69) is 9.84 Å². The molecule has 0 atom stereocenters. The molecule has 0 saturated carbocycles. The number of ether oxygens (including phenoxy) is 2. The van der Waals surface area contributed by atoms with E-state index in [1.165, 1.54) is 24.8 Å². The van der Waals surface area contributed by atoms with E-state index in [-0.39, 0.29) is 12.3 Å². The molecule has 2 aromatic rings. The number of esters is 2. The third-order valence-electron chi connectivity index (χ3n) is 3.21. The Morgan fingerprint density at radius 2 is 1.88 bits per heavy atom. The number of carbonyl (C=O) groups excluding carboxylic acids is 3. The fourth-order valence-electron chi connectivity index (χ4n) is 2.31. The van der Waals surface area contributed by atoms with Gasteiger partial charge in [0.15, 0.2) is 0 Å². The Morgan fingerprint density at radius 1 is 1.21 bits per heavy atom. The van der Waals surface area contributed by atoms with E-state index in [0.717, 1.165) is 0 Å². The van der Waals surface area contributed by atoms with Gasteiger partial charge in [0, 0.05) is 12.3 Å². The monoisotopic (exact) mass is 332 g/mol. The number of benzene rings is 1. The molecule has 1 aromatic heterocycles. The van der Waals surface area contributed by atoms with Gasteiger partial charge in [-0.25, -0.2) is 9.48 Å². The van der Waals surface area contributed by atoms with Crippen LogP contribution in [0.2, 0.25) is 0 Å². The standard InChI is InChI=1S/C17H20N2O5/c1-10(20)19-14-8-11(16(22)23-5)6-7-12(14)13(18-19)9-15(21)24-17(2,3)4/h6-8H,9H2,1-5H3. The molecule has 128 valence electrons. The molecular weight excluding hydrogens is 312 g/mol. The van der Waals surface area contributed by atoms with E-state index in [0.29, 0.717) is 22.2 Å². The molecular formula is C17H20N2O5. The van der Waals surface area contributed by atoms with Crippen LogP contribution in [0, 0.1) is 0 Å². The highest BCUT2D eigenvalue weighted by atomic mass is 16.6. The van der Waals surface area contributed by atoms with Gasteiger partial charge in [-0.3, -0.25) is 9.59 Å². The van der Waals surface area contributed by atoms with Gasteiger partial charge in [-0.15, -0.1) is 0 Å². The van der Waals surface area contributed by atoms with Crippen molar-refractivity contribution in [1.29, 1.82) is 0 Å². The van der Waals surface area contributed by atoms with Crippen LogP contribution >= 0.6 is 0 Å². The number of hydrogen-bond donors (Lipinski definition) is 0. The molecule has 1 aromatic carbocycles. The third kappa shape index (κ3) is 3.79. The molecule has 7 heteroatoms. The van der Waals surface area contributed by atoms with Crippen LogP contribution in [-0.2, 0) is 20.7 Å². The Kier molecular flexibility index (Phi) is 4.73. The molecule has 0 N–H and O–H groups in total. The van der Waals surface area contributed by atoms with Crippen LogP contribution in [0.5, 0.6) is 0 Å². The van der Waals surface area contributed by atoms with Gasteiger partial charge >= 0.3 is 11.9 Å². The number of rotatable bonds is 3. The van der Waals surface area contributed by atoms with Gasteiger partial charge in [-0.2, -0.15) is 5.10 Å². The SMILES string of the molecule is COC(=O)c1ccc2c(CC(=O)OC(C)(C)C)nn(C(C)=O)c2c1. The summed E-state index contributed by atoms with van der Waals surface area (Å²) in [6.07, 6.45) is -0.0639. The lowest BCUT2D eigenvalue weighted by molar-refractivity contribution is -0.153. The summed E-state index contributed by atoms with van der Waals surface area (Å²) in [6.45, 7) is 6.69. The molecule has 0 spiro atoms. The maximum absolute atomic E-state index is 12.0. The summed E-state index contributed by atoms with van der Waals surface area (Å²) < 4.78 is 11.1. The Bertz CT molecular complexity index is 814. The van der Waals surface area contributed by atoms with Gasteiger partial charge < -0.3 is 9.47 Å². The highest BCUT2D eigenvalue weighted by molar-refractivity contribution is 5.98. The molecule has 1 heterocycles. The first kappa shape index (κ1) is 17.7. The van der Waals surface area contributed by atoms with Crippen molar-refractivity contribution in [3.8, 4) is 0 Å². The summed E-state index contributed by atoms with van der Waals surface area (Å²) in [5.74, 6) is -1.27. The van der Waals surface area contributed by atoms with Crippen LogP contribution in [0.4, 0.5) is 0 Å². The third-order valence-corrected chi connectivity index (χ3v) is 3.21. The normalized spacial score (nSPS) is 11.4. The predicted molar refractivity (Wildman–Crippen MR) is 86.9 cm³/mol. The largest absolute Gasteiger partial charge is 0.465 e. The summed E-state index contributed by atoms with van der Waals surface area (Å²) in [5, 5.41) is 4.81. The van der Waals surface area contributed by atoms with Gasteiger partial charge in [0.25, 0.3) is 0 Å². The van der Waals surface area contributed by atoms with Gasteiger partial charge in [-0.05, 0) is 32.9 Å². The highest BCUT2D eigenvalue weighted by Crippen LogP contribution is 2.22. The summed E-state index contributed by atoms with van der Waals surface area (Å²) in [4.78, 5) is 35.5. The van der Waals surface area contributed by atoms with Gasteiger partial charge in [0.05, 0.1) is 30.3 Å². The molecule has 0 radical (unpaired) electrons. The molecule has 0 aliphatic rings. The lowest BCUT2D eigenvalue weighted by atomic mass is 10.1. The number of methoxy groups -OCH3 is 1. The minimum absolute atomic E-state index is 0.0639. The first-order valence-corrected chi connectivity index (χ1v) is 7.45. The maximum atomic E-state index is 12.0. The summed E-state index contributed by atoms with van der Waals surface area (Å²) >= 11 is 0. The fraction of sp³-hybridized carbons (Fsp3) is 0.412. The molecule has 24 heavy (non-hydrogen) atoms. The van der Waals surface area contributed by atoms with Crippen LogP contribution in [-0.4, -0.2) is 40.3 Å². The van der Waals surface area contributed by atoms with E-state index in [4.69, 9.17) is 4.74 Å². The van der Waals surface area contributed by atoms with Crippen LogP contribution in [0.25, 0.3) is 10.9 Å². The first-order valence-electron chi connectivity index (χ1n) is 7.45. The van der Waals surface area contributed by atoms with E-state index >= 15 is 0 Å². The minimum atomic E-state index is -0.603. The quantitative estimate of drug-likeness (QED) is 0.802. The molecule has 0 fully saturated rings. The summed E-state index contributed by atoms with van der Waals surface area (Å²) in [6, 6.07) is 4.74. The maximum Gasteiger partial charge on any atom is 0.337 e. The van der Waals surface area contributed by atoms with E-state index < -0.39 is 17.5 Å². The van der Waals surface area contributed by atoms with E-state index in [9.17, 15) is 14.4 Å². The van der Waals surface area contributed by atoms with E-state index in [1.807, 2.05) is 0 Å². The topological polar surface area (TPSA) is 87.5 Å². The lowest BCUT2D eigenvalue weighted by Crippen LogP contribution is -2.25. The Balaban J connectivity index is 2.46. The van der Waals surface area contributed by atoms with E-state index in [1.54, 1.807) is 32.9 Å². The Morgan fingerprint density at radius 3 is 2.42 bits per heavy atom. The second kappa shape index (κ2) is 6.43. The lowest BCUT2D eigenvalue weighted by Gasteiger charge is -2.19. The molecule has 0 amide bonds. The highest BCUT2D eigenvalue weighted by Gasteiger charge is 2.21. The van der Waals surface area contributed by atoms with Crippen LogP contribution in [0.3, 0.4) is 0 Å². The molecule has 0 unspecified atom stereocenters. The zero-order chi connectivity index (χ0) is 18.1. The zero-order valence-corrected chi connectivity index (χ0v) is 14.4. The fourth-order valence-corrected chi connectivity index (χ4v) is 2.31. The second-order valence-electron chi connectivity index (χ2n) is 6.36. The summed E-state index contributed by atoms with van der Waals surface area (Å²) in [7, 11) is 1.28. The van der Waals surface area contributed by atoms with Crippen molar-refractivity contribution >= 4 is 28.7 Å². The van der Waals surface area contributed by atoms with Crippen LogP contribution in [0.1, 0.15) is 48.5 Å². The molecule has 7 nitrogen and oxygen atoms in total. The average molecular weight is 332 g/mol. The Hall–Kier alpha value is -2.70. The molecule has 2 rings (SSSR count). The molecule has 0 aliphatic heterocycles. The van der Waals surface area contributed by atoms with Crippen molar-refractivity contribution < 1.29 is 23.9 Å². The first-order chi connectivity index (χ1) is 11.1. The average Bonchev–Trinajstić information content (AvgIpc) is 2.82. The van der Waals surface area contributed by atoms with Crippen LogP contribution in [0.15, 0.2) is 18.2 Å². The van der Waals surface area contributed by atoms with Crippen molar-refractivity contribution in [2.75, 3.05) is 7.11 Å². The van der Waals surface area contributed by atoms with Crippen molar-refractivity contribution in [3.63, 3.8) is 0 Å². The molecule has 0 bridgehead atoms. The zero-order valence-electron chi connectivity index (χ0n) is 14.4. The number of nitrogens with zero attached hydrogens (tertiary/aromatic N) is 2. The van der Waals surface area contributed by atoms with Gasteiger partial charge in [-0.1, -0.05) is 6.07 Å². The number of aromatic nitrogens is 2. The molecule has 0 aliphatic carbocycles. The number of hydrogen-bond acceptors (Lipinski definition) is 6. The second-order valence-corrected chi connectivity index (χ2v) is 6.36. The van der Waals surface area contributed by atoms with Gasteiger partial charge in [0.1, 0.15) is 5.60 Å². The van der Waals surface area contributed by atoms with Crippen molar-refractivity contribution in [3.05, 3.63) is 29.5 Å². The van der Waals surface area contributed by atoms with Crippen molar-refractivity contribution in [2.45, 2.75) is 39.7 Å². The minimum Gasteiger partial charge on any atom is -0.465 e. The smallest absolute Gasteiger partial charge is 0.337 e. The summed E-state index contributed by atoms with van der Waals surface area (Å²) in [5.41, 5.74) is 0.569. The van der Waals surface area contributed by atoms with Crippen LogP contribution < -0.4 is 0 Å².